The second-order valence-electron chi connectivity index (χ2n) is 12.2. The smallest absolute Gasteiger partial charge is 0.386 e. The number of hydrogen-bond acceptors (Lipinski definition) is 6. The van der Waals surface area contributed by atoms with E-state index in [-0.39, 0.29) is 11.3 Å². The van der Waals surface area contributed by atoms with E-state index in [1.54, 1.807) is 37.1 Å². The third-order valence-electron chi connectivity index (χ3n) is 7.64. The van der Waals surface area contributed by atoms with Gasteiger partial charge in [-0.05, 0) is 38.1 Å². The average Bonchev–Trinajstić information content (AvgIpc) is 3.52. The van der Waals surface area contributed by atoms with Gasteiger partial charge in [0, 0.05) is 44.4 Å². The number of halogens is 3. The summed E-state index contributed by atoms with van der Waals surface area (Å²) in [7, 11) is 3.36. The van der Waals surface area contributed by atoms with Crippen molar-refractivity contribution >= 4 is 39.1 Å². The number of anilines is 1. The lowest BCUT2D eigenvalue weighted by Crippen LogP contribution is -2.60. The van der Waals surface area contributed by atoms with E-state index in [2.05, 4.69) is 4.98 Å². The van der Waals surface area contributed by atoms with Gasteiger partial charge in [-0.3, -0.25) is 13.7 Å². The van der Waals surface area contributed by atoms with Crippen molar-refractivity contribution in [3.05, 3.63) is 57.3 Å². The number of fused-ring (bicyclic) bond motifs is 2. The van der Waals surface area contributed by atoms with Crippen molar-refractivity contribution in [2.45, 2.75) is 51.8 Å². The quantitative estimate of drug-likeness (QED) is 0.302. The van der Waals surface area contributed by atoms with Gasteiger partial charge in [-0.1, -0.05) is 20.8 Å². The van der Waals surface area contributed by atoms with Gasteiger partial charge >= 0.3 is 11.9 Å². The highest BCUT2D eigenvalue weighted by molar-refractivity contribution is 7.15. The van der Waals surface area contributed by atoms with Crippen LogP contribution in [-0.2, 0) is 25.7 Å². The Morgan fingerprint density at radius 2 is 1.71 bits per heavy atom. The van der Waals surface area contributed by atoms with Crippen LogP contribution >= 0.6 is 11.3 Å². The topological polar surface area (TPSA) is 81.1 Å². The molecule has 0 spiro atoms. The van der Waals surface area contributed by atoms with E-state index >= 15 is 0 Å². The SMILES string of the molecule is Cc1ncc(-c2cc3nc(C(C)(C)C)n(-c4cc(N5CC(C)(O)C5)c5c(c4)n(C)c(=O)n5C)c3cc2C(F)(F)F)s1. The van der Waals surface area contributed by atoms with E-state index < -0.39 is 22.8 Å². The number of aromatic nitrogens is 5. The summed E-state index contributed by atoms with van der Waals surface area (Å²) in [4.78, 5) is 24.4. The zero-order chi connectivity index (χ0) is 29.8. The number of benzene rings is 2. The Labute approximate surface area is 238 Å². The first-order valence-corrected chi connectivity index (χ1v) is 14.0. The fourth-order valence-electron chi connectivity index (χ4n) is 5.74. The lowest BCUT2D eigenvalue weighted by Gasteiger charge is -2.46. The van der Waals surface area contributed by atoms with Crippen LogP contribution < -0.4 is 10.6 Å². The lowest BCUT2D eigenvalue weighted by molar-refractivity contribution is -0.137. The van der Waals surface area contributed by atoms with E-state index in [0.717, 1.165) is 5.69 Å². The van der Waals surface area contributed by atoms with Gasteiger partial charge in [-0.25, -0.2) is 14.8 Å². The fourth-order valence-corrected chi connectivity index (χ4v) is 6.55. The number of β-amino-alcohol motifs (C(OH)–C–C–N with tert-alkyl or cyclic N) is 1. The number of alkyl halides is 3. The van der Waals surface area contributed by atoms with Crippen LogP contribution in [0.25, 0.3) is 38.2 Å². The molecule has 1 saturated heterocycles. The molecule has 12 heteroatoms. The van der Waals surface area contributed by atoms with Crippen molar-refractivity contribution < 1.29 is 18.3 Å². The number of aliphatic hydroxyl groups is 1. The first kappa shape index (κ1) is 27.5. The summed E-state index contributed by atoms with van der Waals surface area (Å²) in [6.45, 7) is 10.1. The molecule has 0 amide bonds. The van der Waals surface area contributed by atoms with Crippen molar-refractivity contribution in [3.8, 4) is 16.1 Å². The standard InChI is InChI=1S/C29H31F3N6O2S/c1-15-33-12-23(41-15)17-10-19-20(11-18(17)29(30,31)32)38(25(34-19)27(2,3)4)16-8-21-24(36(7)26(39)35(21)6)22(9-16)37-13-28(5,40)14-37/h8-12,40H,13-14H2,1-7H3. The average molecular weight is 585 g/mol. The number of rotatable bonds is 3. The second kappa shape index (κ2) is 8.68. The molecular formula is C29H31F3N6O2S. The van der Waals surface area contributed by atoms with E-state index in [1.807, 2.05) is 37.8 Å². The lowest BCUT2D eigenvalue weighted by atomic mass is 9.94. The highest BCUT2D eigenvalue weighted by atomic mass is 32.1. The summed E-state index contributed by atoms with van der Waals surface area (Å²) in [5, 5.41) is 11.2. The molecule has 41 heavy (non-hydrogen) atoms. The molecule has 0 radical (unpaired) electrons. The largest absolute Gasteiger partial charge is 0.417 e. The molecule has 0 atom stereocenters. The summed E-state index contributed by atoms with van der Waals surface area (Å²) in [5.41, 5.74) is 1.03. The van der Waals surface area contributed by atoms with Crippen molar-refractivity contribution in [2.75, 3.05) is 18.0 Å². The number of aryl methyl sites for hydroxylation is 3. The maximum Gasteiger partial charge on any atom is 0.417 e. The van der Waals surface area contributed by atoms with Crippen LogP contribution in [0.2, 0.25) is 0 Å². The Kier molecular flexibility index (Phi) is 5.83. The van der Waals surface area contributed by atoms with Gasteiger partial charge in [0.1, 0.15) is 5.82 Å². The molecule has 0 aliphatic carbocycles. The molecule has 5 aromatic rings. The van der Waals surface area contributed by atoms with Gasteiger partial charge in [-0.2, -0.15) is 13.2 Å². The minimum absolute atomic E-state index is 0.0464. The van der Waals surface area contributed by atoms with E-state index in [0.29, 0.717) is 56.6 Å². The maximum absolute atomic E-state index is 14.5. The minimum atomic E-state index is -4.61. The highest BCUT2D eigenvalue weighted by Gasteiger charge is 2.39. The molecule has 1 fully saturated rings. The van der Waals surface area contributed by atoms with Crippen LogP contribution in [0.5, 0.6) is 0 Å². The number of imidazole rings is 2. The molecule has 0 bridgehead atoms. The molecule has 3 aromatic heterocycles. The van der Waals surface area contributed by atoms with Gasteiger partial charge in [0.2, 0.25) is 0 Å². The van der Waals surface area contributed by atoms with E-state index in [4.69, 9.17) is 4.98 Å². The molecule has 0 unspecified atom stereocenters. The molecule has 6 rings (SSSR count). The first-order valence-electron chi connectivity index (χ1n) is 13.2. The second-order valence-corrected chi connectivity index (χ2v) is 13.5. The molecule has 1 N–H and O–H groups in total. The summed E-state index contributed by atoms with van der Waals surface area (Å²) in [6, 6.07) is 6.37. The monoisotopic (exact) mass is 584 g/mol. The van der Waals surface area contributed by atoms with Crippen LogP contribution in [-0.4, -0.2) is 47.5 Å². The van der Waals surface area contributed by atoms with E-state index in [1.165, 1.54) is 34.2 Å². The highest BCUT2D eigenvalue weighted by Crippen LogP contribution is 2.43. The van der Waals surface area contributed by atoms with E-state index in [9.17, 15) is 23.1 Å². The Balaban J connectivity index is 1.70. The molecule has 4 heterocycles. The third kappa shape index (κ3) is 4.35. The van der Waals surface area contributed by atoms with Gasteiger partial charge in [-0.15, -0.1) is 11.3 Å². The summed E-state index contributed by atoms with van der Waals surface area (Å²) < 4.78 is 48.5. The molecule has 8 nitrogen and oxygen atoms in total. The zero-order valence-corrected chi connectivity index (χ0v) is 24.7. The Hall–Kier alpha value is -3.64. The van der Waals surface area contributed by atoms with Crippen molar-refractivity contribution in [1.82, 2.24) is 23.7 Å². The van der Waals surface area contributed by atoms with Gasteiger partial charge in [0.15, 0.2) is 0 Å². The van der Waals surface area contributed by atoms with Gasteiger partial charge in [0.05, 0.1) is 54.5 Å². The number of nitrogens with zero attached hydrogens (tertiary/aromatic N) is 6. The van der Waals surface area contributed by atoms with Crippen LogP contribution in [0.15, 0.2) is 35.3 Å². The Bertz CT molecular complexity index is 1910. The third-order valence-corrected chi connectivity index (χ3v) is 8.59. The predicted molar refractivity (Wildman–Crippen MR) is 155 cm³/mol. The van der Waals surface area contributed by atoms with Gasteiger partial charge in [0.25, 0.3) is 0 Å². The molecular weight excluding hydrogens is 553 g/mol. The normalized spacial score (nSPS) is 15.7. The molecule has 1 aliphatic rings. The molecule has 216 valence electrons. The molecule has 1 aliphatic heterocycles. The zero-order valence-electron chi connectivity index (χ0n) is 23.9. The molecule has 2 aromatic carbocycles. The maximum atomic E-state index is 14.5. The van der Waals surface area contributed by atoms with Crippen LogP contribution in [0, 0.1) is 6.92 Å². The summed E-state index contributed by atoms with van der Waals surface area (Å²) >= 11 is 1.21. The predicted octanol–water partition coefficient (Wildman–Crippen LogP) is 5.54. The van der Waals surface area contributed by atoms with Crippen molar-refractivity contribution in [2.24, 2.45) is 14.1 Å². The molecule has 0 saturated carbocycles. The Morgan fingerprint density at radius 3 is 2.27 bits per heavy atom. The van der Waals surface area contributed by atoms with Crippen LogP contribution in [0.3, 0.4) is 0 Å². The Morgan fingerprint density at radius 1 is 1.02 bits per heavy atom. The van der Waals surface area contributed by atoms with Gasteiger partial charge < -0.3 is 10.0 Å². The number of thiazole rings is 1. The summed E-state index contributed by atoms with van der Waals surface area (Å²) in [5.74, 6) is 0.583. The fraction of sp³-hybridized carbons (Fsp3) is 0.414. The van der Waals surface area contributed by atoms with Crippen molar-refractivity contribution in [3.63, 3.8) is 0 Å². The van der Waals surface area contributed by atoms with Crippen molar-refractivity contribution in [1.29, 1.82) is 0 Å². The van der Waals surface area contributed by atoms with Crippen LogP contribution in [0.4, 0.5) is 18.9 Å². The first-order chi connectivity index (χ1) is 19.0. The number of hydrogen-bond donors (Lipinski definition) is 1. The van der Waals surface area contributed by atoms with Crippen LogP contribution in [0.1, 0.15) is 44.1 Å². The summed E-state index contributed by atoms with van der Waals surface area (Å²) in [6.07, 6.45) is -3.14. The minimum Gasteiger partial charge on any atom is -0.386 e.